The molecule has 0 aromatic heterocycles. The summed E-state index contributed by atoms with van der Waals surface area (Å²) in [4.78, 5) is 0. The zero-order valence-electron chi connectivity index (χ0n) is 13.1. The van der Waals surface area contributed by atoms with E-state index in [0.717, 1.165) is 12.6 Å². The average molecular weight is 385 g/mol. The molecule has 0 saturated heterocycles. The fraction of sp³-hybridized carbons (Fsp3) is 0.143. The summed E-state index contributed by atoms with van der Waals surface area (Å²) in [5.41, 5.74) is 3.98. The molecule has 3 aromatic rings. The second-order valence-electron chi connectivity index (χ2n) is 5.54. The van der Waals surface area contributed by atoms with Gasteiger partial charge in [0.05, 0.1) is 0 Å². The molecule has 0 spiro atoms. The molecule has 0 aliphatic heterocycles. The fourth-order valence-electron chi connectivity index (χ4n) is 3.32. The Hall–Kier alpha value is -1.43. The highest BCUT2D eigenvalue weighted by Crippen LogP contribution is 2.42. The normalized spacial score (nSPS) is 10.8. The quantitative estimate of drug-likeness (QED) is 0.381. The van der Waals surface area contributed by atoms with Crippen molar-refractivity contribution in [2.45, 2.75) is 11.8 Å². The minimum Gasteiger partial charge on any atom is -0.138 e. The molecule has 0 aliphatic rings. The summed E-state index contributed by atoms with van der Waals surface area (Å²) in [6.07, 6.45) is 2.12. The van der Waals surface area contributed by atoms with Crippen LogP contribution in [0, 0.1) is 0 Å². The van der Waals surface area contributed by atoms with Crippen molar-refractivity contribution in [3.8, 4) is 0 Å². The molecule has 0 N–H and O–H groups in total. The molecule has 0 aliphatic carbocycles. The lowest BCUT2D eigenvalue weighted by Crippen LogP contribution is -2.30. The van der Waals surface area contributed by atoms with Crippen LogP contribution < -0.4 is 0 Å². The van der Waals surface area contributed by atoms with Gasteiger partial charge in [-0.05, 0) is 29.3 Å². The van der Waals surface area contributed by atoms with Crippen LogP contribution in [0.5, 0.6) is 0 Å². The van der Waals surface area contributed by atoms with Gasteiger partial charge in [0.25, 0.3) is 0 Å². The van der Waals surface area contributed by atoms with E-state index in [9.17, 15) is 0 Å². The van der Waals surface area contributed by atoms with Crippen LogP contribution in [0.2, 0.25) is 0 Å². The molecular weight excluding hydrogens is 363 g/mol. The van der Waals surface area contributed by atoms with E-state index in [-0.39, 0.29) is 22.4 Å². The maximum Gasteiger partial charge on any atom is 0.0454 e. The van der Waals surface area contributed by atoms with Gasteiger partial charge in [-0.15, -0.1) is 26.2 Å². The number of hydrogen-bond acceptors (Lipinski definition) is 0. The van der Waals surface area contributed by atoms with Gasteiger partial charge >= 0.3 is 0 Å². The summed E-state index contributed by atoms with van der Waals surface area (Å²) in [5, 5.41) is 0. The lowest BCUT2D eigenvalue weighted by Gasteiger charge is -2.36. The molecule has 1 unspecified atom stereocenters. The van der Waals surface area contributed by atoms with Crippen molar-refractivity contribution < 1.29 is 0 Å². The summed E-state index contributed by atoms with van der Waals surface area (Å²) in [7, 11) is 2.89. The Labute approximate surface area is 151 Å². The van der Waals surface area contributed by atoms with Gasteiger partial charge in [-0.25, -0.2) is 0 Å². The summed E-state index contributed by atoms with van der Waals surface area (Å²) >= 11 is 0. The van der Waals surface area contributed by atoms with Crippen molar-refractivity contribution >= 4 is 26.2 Å². The molecular formula is C21H22BrP. The van der Waals surface area contributed by atoms with Crippen molar-refractivity contribution in [3.05, 3.63) is 108 Å². The highest BCUT2D eigenvalue weighted by atomic mass is 79.9. The molecule has 3 rings (SSSR count). The zero-order valence-corrected chi connectivity index (χ0v) is 15.9. The first-order valence-electron chi connectivity index (χ1n) is 7.74. The second kappa shape index (κ2) is 8.43. The number of hydrogen-bond donors (Lipinski definition) is 0. The molecule has 23 heavy (non-hydrogen) atoms. The minimum absolute atomic E-state index is 0. The summed E-state index contributed by atoms with van der Waals surface area (Å²) in [6, 6.07) is 32.6. The van der Waals surface area contributed by atoms with Gasteiger partial charge in [-0.2, -0.15) is 0 Å². The highest BCUT2D eigenvalue weighted by molar-refractivity contribution is 8.93. The summed E-state index contributed by atoms with van der Waals surface area (Å²) < 4.78 is 0. The Bertz CT molecular complexity index is 599. The van der Waals surface area contributed by atoms with E-state index in [1.54, 1.807) is 0 Å². The van der Waals surface area contributed by atoms with Crippen LogP contribution in [-0.2, 0) is 5.41 Å². The lowest BCUT2D eigenvalue weighted by atomic mass is 9.68. The van der Waals surface area contributed by atoms with Gasteiger partial charge in [-0.3, -0.25) is 0 Å². The van der Waals surface area contributed by atoms with Gasteiger partial charge in [0.1, 0.15) is 0 Å². The number of rotatable bonds is 5. The SMILES string of the molecule is Br.PCCC(c1ccccc1)(c1ccccc1)c1ccccc1. The molecule has 1 atom stereocenters. The molecule has 0 radical (unpaired) electrons. The van der Waals surface area contributed by atoms with E-state index in [1.165, 1.54) is 16.7 Å². The third kappa shape index (κ3) is 3.57. The van der Waals surface area contributed by atoms with Crippen LogP contribution in [0.25, 0.3) is 0 Å². The minimum atomic E-state index is -0.0917. The van der Waals surface area contributed by atoms with Crippen LogP contribution in [0.1, 0.15) is 23.1 Å². The predicted molar refractivity (Wildman–Crippen MR) is 109 cm³/mol. The molecule has 3 aromatic carbocycles. The van der Waals surface area contributed by atoms with Crippen molar-refractivity contribution in [1.29, 1.82) is 0 Å². The molecule has 0 amide bonds. The van der Waals surface area contributed by atoms with Crippen molar-refractivity contribution in [1.82, 2.24) is 0 Å². The molecule has 0 nitrogen and oxygen atoms in total. The van der Waals surface area contributed by atoms with E-state index >= 15 is 0 Å². The molecule has 118 valence electrons. The Kier molecular flexibility index (Phi) is 6.57. The van der Waals surface area contributed by atoms with Gasteiger partial charge in [0, 0.05) is 5.41 Å². The van der Waals surface area contributed by atoms with Crippen LogP contribution >= 0.6 is 26.2 Å². The maximum atomic E-state index is 2.89. The van der Waals surface area contributed by atoms with Crippen molar-refractivity contribution in [2.24, 2.45) is 0 Å². The first-order valence-corrected chi connectivity index (χ1v) is 8.56. The maximum absolute atomic E-state index is 2.89. The second-order valence-corrected chi connectivity index (χ2v) is 6.12. The Balaban J connectivity index is 0.00000192. The van der Waals surface area contributed by atoms with E-state index in [2.05, 4.69) is 100 Å². The van der Waals surface area contributed by atoms with Gasteiger partial charge in [0.2, 0.25) is 0 Å². The summed E-state index contributed by atoms with van der Waals surface area (Å²) in [5.74, 6) is 0. The molecule has 2 heteroatoms. The molecule has 0 fully saturated rings. The average Bonchev–Trinajstić information content (AvgIpc) is 2.62. The van der Waals surface area contributed by atoms with Crippen LogP contribution in [0.4, 0.5) is 0 Å². The Morgan fingerprint density at radius 2 is 0.870 bits per heavy atom. The first kappa shape index (κ1) is 17.9. The largest absolute Gasteiger partial charge is 0.138 e. The molecule has 0 heterocycles. The third-order valence-corrected chi connectivity index (χ3v) is 4.61. The Morgan fingerprint density at radius 1 is 0.565 bits per heavy atom. The van der Waals surface area contributed by atoms with Crippen molar-refractivity contribution in [2.75, 3.05) is 6.16 Å². The number of benzene rings is 3. The smallest absolute Gasteiger partial charge is 0.0454 e. The standard InChI is InChI=1S/C21H21P.BrH/c22-17-16-21(18-10-4-1-5-11-18,19-12-6-2-7-13-19)20-14-8-3-9-15-20;/h1-15H,16-17,22H2;1H. The first-order chi connectivity index (χ1) is 10.9. The van der Waals surface area contributed by atoms with E-state index in [1.807, 2.05) is 0 Å². The molecule has 0 saturated carbocycles. The van der Waals surface area contributed by atoms with Gasteiger partial charge in [0.15, 0.2) is 0 Å². The zero-order chi connectivity index (χ0) is 15.3. The van der Waals surface area contributed by atoms with Gasteiger partial charge in [-0.1, -0.05) is 91.0 Å². The van der Waals surface area contributed by atoms with E-state index in [4.69, 9.17) is 0 Å². The van der Waals surface area contributed by atoms with Crippen LogP contribution in [0.3, 0.4) is 0 Å². The summed E-state index contributed by atoms with van der Waals surface area (Å²) in [6.45, 7) is 0. The van der Waals surface area contributed by atoms with E-state index < -0.39 is 0 Å². The third-order valence-electron chi connectivity index (χ3n) is 4.32. The lowest BCUT2D eigenvalue weighted by molar-refractivity contribution is 0.599. The van der Waals surface area contributed by atoms with Crippen molar-refractivity contribution in [3.63, 3.8) is 0 Å². The Morgan fingerprint density at radius 3 is 1.13 bits per heavy atom. The topological polar surface area (TPSA) is 0 Å². The monoisotopic (exact) mass is 384 g/mol. The number of halogens is 1. The highest BCUT2D eigenvalue weighted by Gasteiger charge is 2.34. The predicted octanol–water partition coefficient (Wildman–Crippen LogP) is 5.86. The molecule has 0 bridgehead atoms. The van der Waals surface area contributed by atoms with Crippen LogP contribution in [0.15, 0.2) is 91.0 Å². The van der Waals surface area contributed by atoms with Crippen LogP contribution in [-0.4, -0.2) is 6.16 Å². The van der Waals surface area contributed by atoms with Gasteiger partial charge < -0.3 is 0 Å². The van der Waals surface area contributed by atoms with E-state index in [0.29, 0.717) is 0 Å². The fourth-order valence-corrected chi connectivity index (χ4v) is 3.75.